The van der Waals surface area contributed by atoms with Crippen LogP contribution in [0.2, 0.25) is 0 Å². The third-order valence-corrected chi connectivity index (χ3v) is 4.88. The van der Waals surface area contributed by atoms with Gasteiger partial charge in [0, 0.05) is 18.0 Å². The van der Waals surface area contributed by atoms with Crippen LogP contribution in [0.3, 0.4) is 0 Å². The Bertz CT molecular complexity index is 930. The molecular weight excluding hydrogens is 318 g/mol. The van der Waals surface area contributed by atoms with E-state index in [2.05, 4.69) is 32.4 Å². The molecule has 1 unspecified atom stereocenters. The second-order valence-corrected chi connectivity index (χ2v) is 6.32. The highest BCUT2D eigenvalue weighted by molar-refractivity contribution is 7.09. The van der Waals surface area contributed by atoms with Gasteiger partial charge in [0.2, 0.25) is 0 Å². The zero-order chi connectivity index (χ0) is 16.4. The van der Waals surface area contributed by atoms with Crippen molar-refractivity contribution in [3.05, 3.63) is 82.7 Å². The van der Waals surface area contributed by atoms with E-state index in [4.69, 9.17) is 0 Å². The average molecular weight is 333 g/mol. The standard InChI is InChI=1S/C18H15N5S/c1-13-18(24-12-20-13)17(15-5-3-2-4-6-15)23-11-16(21-22-23)14-7-9-19-10-8-14/h2-12,17H,1H3. The molecule has 0 amide bonds. The molecule has 0 fully saturated rings. The van der Waals surface area contributed by atoms with Crippen molar-refractivity contribution < 1.29 is 0 Å². The first kappa shape index (κ1) is 14.7. The van der Waals surface area contributed by atoms with Gasteiger partial charge in [0.05, 0.1) is 22.3 Å². The summed E-state index contributed by atoms with van der Waals surface area (Å²) in [6, 6.07) is 14.2. The van der Waals surface area contributed by atoms with Gasteiger partial charge in [-0.15, -0.1) is 16.4 Å². The molecule has 0 aliphatic carbocycles. The highest BCUT2D eigenvalue weighted by Crippen LogP contribution is 2.31. The van der Waals surface area contributed by atoms with Gasteiger partial charge in [-0.05, 0) is 24.6 Å². The Labute approximate surface area is 143 Å². The predicted octanol–water partition coefficient (Wildman–Crippen LogP) is 3.74. The normalized spacial score (nSPS) is 12.2. The lowest BCUT2D eigenvalue weighted by Crippen LogP contribution is -2.13. The number of pyridine rings is 1. The van der Waals surface area contributed by atoms with Gasteiger partial charge in [0.25, 0.3) is 0 Å². The Hall–Kier alpha value is -2.86. The van der Waals surface area contributed by atoms with Crippen molar-refractivity contribution in [2.45, 2.75) is 13.0 Å². The summed E-state index contributed by atoms with van der Waals surface area (Å²) in [6.45, 7) is 2.03. The lowest BCUT2D eigenvalue weighted by atomic mass is 10.0. The lowest BCUT2D eigenvalue weighted by Gasteiger charge is -2.16. The lowest BCUT2D eigenvalue weighted by molar-refractivity contribution is 0.575. The summed E-state index contributed by atoms with van der Waals surface area (Å²) >= 11 is 1.64. The van der Waals surface area contributed by atoms with Crippen LogP contribution in [0.15, 0.2) is 66.6 Å². The summed E-state index contributed by atoms with van der Waals surface area (Å²) in [6.07, 6.45) is 5.50. The third kappa shape index (κ3) is 2.72. The van der Waals surface area contributed by atoms with Crippen molar-refractivity contribution in [1.82, 2.24) is 25.0 Å². The quantitative estimate of drug-likeness (QED) is 0.571. The summed E-state index contributed by atoms with van der Waals surface area (Å²) in [4.78, 5) is 9.63. The summed E-state index contributed by atoms with van der Waals surface area (Å²) in [5, 5.41) is 8.73. The molecule has 0 saturated heterocycles. The van der Waals surface area contributed by atoms with Gasteiger partial charge in [-0.25, -0.2) is 9.67 Å². The monoisotopic (exact) mass is 333 g/mol. The van der Waals surface area contributed by atoms with Crippen LogP contribution in [0.5, 0.6) is 0 Å². The van der Waals surface area contributed by atoms with E-state index in [1.165, 1.54) is 4.88 Å². The largest absolute Gasteiger partial charge is 0.265 e. The van der Waals surface area contributed by atoms with Crippen molar-refractivity contribution in [1.29, 1.82) is 0 Å². The number of hydrogen-bond donors (Lipinski definition) is 0. The highest BCUT2D eigenvalue weighted by Gasteiger charge is 2.22. The van der Waals surface area contributed by atoms with Crippen LogP contribution in [-0.2, 0) is 0 Å². The van der Waals surface area contributed by atoms with Gasteiger partial charge in [-0.1, -0.05) is 35.5 Å². The molecule has 0 spiro atoms. The first-order chi connectivity index (χ1) is 11.8. The van der Waals surface area contributed by atoms with Crippen molar-refractivity contribution in [2.24, 2.45) is 0 Å². The molecule has 1 atom stereocenters. The second-order valence-electron chi connectivity index (χ2n) is 5.43. The molecule has 118 valence electrons. The number of thiazole rings is 1. The van der Waals surface area contributed by atoms with Crippen molar-refractivity contribution in [3.63, 3.8) is 0 Å². The highest BCUT2D eigenvalue weighted by atomic mass is 32.1. The molecule has 3 heterocycles. The third-order valence-electron chi connectivity index (χ3n) is 3.90. The molecule has 1 aromatic carbocycles. The first-order valence-corrected chi connectivity index (χ1v) is 8.48. The van der Waals surface area contributed by atoms with E-state index < -0.39 is 0 Å². The fraction of sp³-hybridized carbons (Fsp3) is 0.111. The number of aryl methyl sites for hydroxylation is 1. The van der Waals surface area contributed by atoms with E-state index in [9.17, 15) is 0 Å². The Morgan fingerprint density at radius 3 is 2.54 bits per heavy atom. The number of nitrogens with zero attached hydrogens (tertiary/aromatic N) is 5. The van der Waals surface area contributed by atoms with Crippen LogP contribution < -0.4 is 0 Å². The van der Waals surface area contributed by atoms with E-state index in [1.54, 1.807) is 23.7 Å². The van der Waals surface area contributed by atoms with E-state index in [1.807, 2.05) is 53.6 Å². The molecule has 6 heteroatoms. The van der Waals surface area contributed by atoms with Crippen LogP contribution in [0.4, 0.5) is 0 Å². The molecule has 3 aromatic heterocycles. The first-order valence-electron chi connectivity index (χ1n) is 7.60. The van der Waals surface area contributed by atoms with Gasteiger partial charge < -0.3 is 0 Å². The molecule has 0 aliphatic heterocycles. The molecular formula is C18H15N5S. The summed E-state index contributed by atoms with van der Waals surface area (Å²) in [5.74, 6) is 0. The predicted molar refractivity (Wildman–Crippen MR) is 93.8 cm³/mol. The molecule has 4 rings (SSSR count). The fourth-order valence-electron chi connectivity index (χ4n) is 2.69. The summed E-state index contributed by atoms with van der Waals surface area (Å²) < 4.78 is 1.91. The van der Waals surface area contributed by atoms with Crippen LogP contribution >= 0.6 is 11.3 Å². The molecule has 0 bridgehead atoms. The minimum Gasteiger partial charge on any atom is -0.265 e. The zero-order valence-electron chi connectivity index (χ0n) is 13.1. The summed E-state index contributed by atoms with van der Waals surface area (Å²) in [5.41, 5.74) is 5.90. The number of rotatable bonds is 4. The molecule has 0 N–H and O–H groups in total. The number of benzene rings is 1. The second kappa shape index (κ2) is 6.33. The van der Waals surface area contributed by atoms with Crippen molar-refractivity contribution in [2.75, 3.05) is 0 Å². The topological polar surface area (TPSA) is 56.5 Å². The average Bonchev–Trinajstić information content (AvgIpc) is 3.28. The van der Waals surface area contributed by atoms with E-state index in [0.29, 0.717) is 0 Å². The van der Waals surface area contributed by atoms with E-state index >= 15 is 0 Å². The minimum absolute atomic E-state index is 0.0261. The maximum Gasteiger partial charge on any atom is 0.115 e. The number of aromatic nitrogens is 5. The maximum atomic E-state index is 4.40. The van der Waals surface area contributed by atoms with Crippen LogP contribution in [0.1, 0.15) is 22.2 Å². The van der Waals surface area contributed by atoms with E-state index in [0.717, 1.165) is 22.5 Å². The number of hydrogen-bond acceptors (Lipinski definition) is 5. The smallest absolute Gasteiger partial charge is 0.115 e. The molecule has 4 aromatic rings. The maximum absolute atomic E-state index is 4.40. The van der Waals surface area contributed by atoms with Crippen LogP contribution in [0.25, 0.3) is 11.3 Å². The Balaban J connectivity index is 1.81. The minimum atomic E-state index is -0.0261. The molecule has 0 radical (unpaired) electrons. The van der Waals surface area contributed by atoms with Crippen LogP contribution in [-0.4, -0.2) is 25.0 Å². The van der Waals surface area contributed by atoms with Crippen molar-refractivity contribution >= 4 is 11.3 Å². The Morgan fingerprint density at radius 2 is 1.83 bits per heavy atom. The SMILES string of the molecule is Cc1ncsc1C(c1ccccc1)n1cc(-c2ccncc2)nn1. The van der Waals surface area contributed by atoms with Gasteiger partial charge in [0.1, 0.15) is 11.7 Å². The van der Waals surface area contributed by atoms with Gasteiger partial charge in [-0.3, -0.25) is 4.98 Å². The molecule has 0 saturated carbocycles. The Kier molecular flexibility index (Phi) is 3.88. The van der Waals surface area contributed by atoms with E-state index in [-0.39, 0.29) is 6.04 Å². The van der Waals surface area contributed by atoms with Gasteiger partial charge >= 0.3 is 0 Å². The van der Waals surface area contributed by atoms with Crippen LogP contribution in [0, 0.1) is 6.92 Å². The molecule has 0 aliphatic rings. The molecule has 24 heavy (non-hydrogen) atoms. The Morgan fingerprint density at radius 1 is 1.04 bits per heavy atom. The fourth-order valence-corrected chi connectivity index (χ4v) is 3.61. The van der Waals surface area contributed by atoms with Crippen molar-refractivity contribution in [3.8, 4) is 11.3 Å². The van der Waals surface area contributed by atoms with Gasteiger partial charge in [0.15, 0.2) is 0 Å². The summed E-state index contributed by atoms with van der Waals surface area (Å²) in [7, 11) is 0. The zero-order valence-corrected chi connectivity index (χ0v) is 13.9. The van der Waals surface area contributed by atoms with Gasteiger partial charge in [-0.2, -0.15) is 0 Å². The molecule has 5 nitrogen and oxygen atoms in total.